The van der Waals surface area contributed by atoms with E-state index in [1.807, 2.05) is 20.8 Å². The van der Waals surface area contributed by atoms with Gasteiger partial charge >= 0.3 is 5.97 Å². The molecular formula is C13H21N3O3. The van der Waals surface area contributed by atoms with Crippen LogP contribution in [0.2, 0.25) is 0 Å². The van der Waals surface area contributed by atoms with Crippen molar-refractivity contribution in [3.8, 4) is 0 Å². The second-order valence-corrected chi connectivity index (χ2v) is 4.37. The highest BCUT2D eigenvalue weighted by Crippen LogP contribution is 2.07. The number of amides is 1. The summed E-state index contributed by atoms with van der Waals surface area (Å²) < 4.78 is 1.64. The van der Waals surface area contributed by atoms with Gasteiger partial charge in [-0.3, -0.25) is 14.3 Å². The molecule has 0 bridgehead atoms. The van der Waals surface area contributed by atoms with E-state index in [1.165, 1.54) is 0 Å². The van der Waals surface area contributed by atoms with Gasteiger partial charge in [-0.25, -0.2) is 0 Å². The number of nitrogens with one attached hydrogen (secondary N) is 1. The van der Waals surface area contributed by atoms with Crippen LogP contribution in [-0.4, -0.2) is 32.8 Å². The molecule has 2 N–H and O–H groups in total. The Hall–Kier alpha value is -1.85. The Labute approximate surface area is 112 Å². The van der Waals surface area contributed by atoms with Crippen LogP contribution in [0.5, 0.6) is 0 Å². The number of rotatable bonds is 7. The van der Waals surface area contributed by atoms with E-state index >= 15 is 0 Å². The number of carbonyl (C=O) groups excluding carboxylic acids is 1. The van der Waals surface area contributed by atoms with E-state index in [4.69, 9.17) is 5.11 Å². The second kappa shape index (κ2) is 6.92. The van der Waals surface area contributed by atoms with Crippen molar-refractivity contribution in [1.82, 2.24) is 15.1 Å². The molecule has 6 nitrogen and oxygen atoms in total. The number of carboxylic acid groups (broad SMARTS) is 1. The molecule has 106 valence electrons. The molecule has 1 atom stereocenters. The lowest BCUT2D eigenvalue weighted by Crippen LogP contribution is -2.37. The molecular weight excluding hydrogens is 246 g/mol. The summed E-state index contributed by atoms with van der Waals surface area (Å²) in [5, 5.41) is 15.8. The zero-order valence-corrected chi connectivity index (χ0v) is 11.6. The molecule has 1 unspecified atom stereocenters. The molecule has 1 aromatic heterocycles. The number of aryl methyl sites for hydroxylation is 2. The fourth-order valence-corrected chi connectivity index (χ4v) is 1.83. The minimum Gasteiger partial charge on any atom is -0.481 e. The van der Waals surface area contributed by atoms with E-state index in [-0.39, 0.29) is 18.4 Å². The van der Waals surface area contributed by atoms with E-state index < -0.39 is 5.97 Å². The second-order valence-electron chi connectivity index (χ2n) is 4.37. The van der Waals surface area contributed by atoms with Gasteiger partial charge in [0.1, 0.15) is 5.69 Å². The van der Waals surface area contributed by atoms with Crippen molar-refractivity contribution in [2.75, 3.05) is 0 Å². The molecule has 0 aliphatic heterocycles. The molecule has 6 heteroatoms. The zero-order valence-electron chi connectivity index (χ0n) is 11.6. The van der Waals surface area contributed by atoms with Crippen LogP contribution in [0, 0.1) is 0 Å². The molecule has 0 fully saturated rings. The molecule has 1 rings (SSSR count). The summed E-state index contributed by atoms with van der Waals surface area (Å²) in [4.78, 5) is 22.8. The molecule has 0 radical (unpaired) electrons. The third kappa shape index (κ3) is 4.08. The first-order valence-electron chi connectivity index (χ1n) is 6.61. The number of hydrogen-bond acceptors (Lipinski definition) is 3. The highest BCUT2D eigenvalue weighted by Gasteiger charge is 2.18. The Kier molecular flexibility index (Phi) is 5.54. The van der Waals surface area contributed by atoms with Gasteiger partial charge in [-0.15, -0.1) is 0 Å². The van der Waals surface area contributed by atoms with E-state index in [0.29, 0.717) is 18.7 Å². The van der Waals surface area contributed by atoms with Crippen LogP contribution < -0.4 is 5.32 Å². The monoisotopic (exact) mass is 267 g/mol. The van der Waals surface area contributed by atoms with Gasteiger partial charge in [-0.2, -0.15) is 5.10 Å². The van der Waals surface area contributed by atoms with Crippen LogP contribution in [0.1, 0.15) is 49.8 Å². The topological polar surface area (TPSA) is 84.2 Å². The Bertz CT molecular complexity index is 454. The fourth-order valence-electron chi connectivity index (χ4n) is 1.83. The number of aliphatic carboxylic acids is 1. The first kappa shape index (κ1) is 15.2. The van der Waals surface area contributed by atoms with Crippen LogP contribution >= 0.6 is 0 Å². The van der Waals surface area contributed by atoms with Crippen LogP contribution in [0.25, 0.3) is 0 Å². The standard InChI is InChI=1S/C13H21N3O3/c1-4-9(8-12(17)18)14-13(19)11-7-10(5-2)15-16(11)6-3/h7,9H,4-6,8H2,1-3H3,(H,14,19)(H,17,18). The van der Waals surface area contributed by atoms with Gasteiger partial charge in [0.15, 0.2) is 0 Å². The van der Waals surface area contributed by atoms with E-state index in [0.717, 1.165) is 12.1 Å². The van der Waals surface area contributed by atoms with Crippen molar-refractivity contribution in [2.24, 2.45) is 0 Å². The van der Waals surface area contributed by atoms with Crippen LogP contribution in [-0.2, 0) is 17.8 Å². The Morgan fingerprint density at radius 1 is 1.42 bits per heavy atom. The smallest absolute Gasteiger partial charge is 0.305 e. The third-order valence-corrected chi connectivity index (χ3v) is 2.97. The highest BCUT2D eigenvalue weighted by molar-refractivity contribution is 5.93. The zero-order chi connectivity index (χ0) is 14.4. The summed E-state index contributed by atoms with van der Waals surface area (Å²) in [7, 11) is 0. The third-order valence-electron chi connectivity index (χ3n) is 2.97. The summed E-state index contributed by atoms with van der Waals surface area (Å²) in [6.07, 6.45) is 1.28. The van der Waals surface area contributed by atoms with Gasteiger partial charge < -0.3 is 10.4 Å². The number of aromatic nitrogens is 2. The molecule has 1 aromatic rings. The van der Waals surface area contributed by atoms with Crippen molar-refractivity contribution in [1.29, 1.82) is 0 Å². The quantitative estimate of drug-likeness (QED) is 0.783. The first-order chi connectivity index (χ1) is 9.01. The minimum absolute atomic E-state index is 0.0663. The van der Waals surface area contributed by atoms with Crippen LogP contribution in [0.3, 0.4) is 0 Å². The predicted octanol–water partition coefficient (Wildman–Crippen LogP) is 1.45. The summed E-state index contributed by atoms with van der Waals surface area (Å²) in [6.45, 7) is 6.35. The summed E-state index contributed by atoms with van der Waals surface area (Å²) in [5.74, 6) is -1.17. The maximum atomic E-state index is 12.1. The lowest BCUT2D eigenvalue weighted by Gasteiger charge is -2.14. The van der Waals surface area contributed by atoms with Gasteiger partial charge in [0, 0.05) is 12.6 Å². The minimum atomic E-state index is -0.912. The number of carbonyl (C=O) groups is 2. The van der Waals surface area contributed by atoms with Crippen LogP contribution in [0.4, 0.5) is 0 Å². The van der Waals surface area contributed by atoms with E-state index in [2.05, 4.69) is 10.4 Å². The Morgan fingerprint density at radius 3 is 2.58 bits per heavy atom. The van der Waals surface area contributed by atoms with Crippen molar-refractivity contribution in [2.45, 2.75) is 52.6 Å². The number of carboxylic acids is 1. The van der Waals surface area contributed by atoms with Gasteiger partial charge in [0.2, 0.25) is 0 Å². The van der Waals surface area contributed by atoms with E-state index in [1.54, 1.807) is 10.7 Å². The fraction of sp³-hybridized carbons (Fsp3) is 0.615. The Balaban J connectivity index is 2.81. The van der Waals surface area contributed by atoms with Gasteiger partial charge in [0.25, 0.3) is 5.91 Å². The maximum Gasteiger partial charge on any atom is 0.305 e. The van der Waals surface area contributed by atoms with Crippen molar-refractivity contribution >= 4 is 11.9 Å². The molecule has 0 aliphatic carbocycles. The average Bonchev–Trinajstić information content (AvgIpc) is 2.80. The van der Waals surface area contributed by atoms with Crippen molar-refractivity contribution < 1.29 is 14.7 Å². The largest absolute Gasteiger partial charge is 0.481 e. The summed E-state index contributed by atoms with van der Waals surface area (Å²) in [6, 6.07) is 1.40. The van der Waals surface area contributed by atoms with E-state index in [9.17, 15) is 9.59 Å². The van der Waals surface area contributed by atoms with Crippen LogP contribution in [0.15, 0.2) is 6.07 Å². The first-order valence-corrected chi connectivity index (χ1v) is 6.61. The lowest BCUT2D eigenvalue weighted by atomic mass is 10.1. The summed E-state index contributed by atoms with van der Waals surface area (Å²) in [5.41, 5.74) is 1.35. The molecule has 19 heavy (non-hydrogen) atoms. The molecule has 0 aliphatic rings. The summed E-state index contributed by atoms with van der Waals surface area (Å²) >= 11 is 0. The SMILES string of the molecule is CCc1cc(C(=O)NC(CC)CC(=O)O)n(CC)n1. The van der Waals surface area contributed by atoms with Crippen molar-refractivity contribution in [3.63, 3.8) is 0 Å². The van der Waals surface area contributed by atoms with Crippen molar-refractivity contribution in [3.05, 3.63) is 17.5 Å². The molecule has 0 saturated heterocycles. The number of nitrogens with zero attached hydrogens (tertiary/aromatic N) is 2. The molecule has 0 aromatic carbocycles. The van der Waals surface area contributed by atoms with Gasteiger partial charge in [-0.1, -0.05) is 13.8 Å². The maximum absolute atomic E-state index is 12.1. The lowest BCUT2D eigenvalue weighted by molar-refractivity contribution is -0.137. The average molecular weight is 267 g/mol. The normalized spacial score (nSPS) is 12.2. The molecule has 0 spiro atoms. The number of hydrogen-bond donors (Lipinski definition) is 2. The van der Waals surface area contributed by atoms with Gasteiger partial charge in [0.05, 0.1) is 12.1 Å². The van der Waals surface area contributed by atoms with Gasteiger partial charge in [-0.05, 0) is 25.8 Å². The highest BCUT2D eigenvalue weighted by atomic mass is 16.4. The predicted molar refractivity (Wildman–Crippen MR) is 71.1 cm³/mol. The molecule has 1 amide bonds. The Morgan fingerprint density at radius 2 is 2.11 bits per heavy atom. The molecule has 1 heterocycles. The molecule has 0 saturated carbocycles.